The molecule has 0 fully saturated rings. The minimum Gasteiger partial charge on any atom is -0.371 e. The van der Waals surface area contributed by atoms with Gasteiger partial charge in [-0.2, -0.15) is 10.1 Å². The van der Waals surface area contributed by atoms with Crippen molar-refractivity contribution in [2.45, 2.75) is 33.7 Å². The minimum atomic E-state index is -0.0768. The van der Waals surface area contributed by atoms with Crippen molar-refractivity contribution < 1.29 is 4.52 Å². The Kier molecular flexibility index (Phi) is 3.66. The van der Waals surface area contributed by atoms with E-state index in [1.165, 1.54) is 0 Å². The van der Waals surface area contributed by atoms with E-state index < -0.39 is 0 Å². The quantitative estimate of drug-likeness (QED) is 0.799. The first-order valence-electron chi connectivity index (χ1n) is 7.24. The van der Waals surface area contributed by atoms with Crippen LogP contribution in [0.25, 0.3) is 5.69 Å². The van der Waals surface area contributed by atoms with E-state index >= 15 is 0 Å². The van der Waals surface area contributed by atoms with E-state index in [-0.39, 0.29) is 6.04 Å². The maximum atomic E-state index is 5.22. The Bertz CT molecular complexity index is 775. The van der Waals surface area contributed by atoms with Crippen LogP contribution in [-0.4, -0.2) is 19.9 Å². The lowest BCUT2D eigenvalue weighted by molar-refractivity contribution is 0.364. The molecular weight excluding hydrogens is 278 g/mol. The Hall–Kier alpha value is -2.63. The molecule has 114 valence electrons. The van der Waals surface area contributed by atoms with E-state index in [0.717, 1.165) is 22.8 Å². The smallest absolute Gasteiger partial charge is 0.248 e. The number of hydrogen-bond donors (Lipinski definition) is 1. The average molecular weight is 297 g/mol. The Morgan fingerprint density at radius 1 is 1.14 bits per heavy atom. The highest BCUT2D eigenvalue weighted by molar-refractivity contribution is 5.55. The molecule has 0 aliphatic rings. The van der Waals surface area contributed by atoms with Gasteiger partial charge in [-0.15, -0.1) is 0 Å². The van der Waals surface area contributed by atoms with Gasteiger partial charge < -0.3 is 9.84 Å². The SMILES string of the molecule is Cc1noc(C(C)Nc2c(C)nn(-c3ccccc3)c2C)n1. The van der Waals surface area contributed by atoms with E-state index in [0.29, 0.717) is 11.7 Å². The molecule has 0 radical (unpaired) electrons. The van der Waals surface area contributed by atoms with Crippen molar-refractivity contribution in [1.82, 2.24) is 19.9 Å². The number of rotatable bonds is 4. The van der Waals surface area contributed by atoms with Crippen LogP contribution in [0, 0.1) is 20.8 Å². The highest BCUT2D eigenvalue weighted by Crippen LogP contribution is 2.26. The van der Waals surface area contributed by atoms with E-state index in [9.17, 15) is 0 Å². The maximum absolute atomic E-state index is 5.22. The summed E-state index contributed by atoms with van der Waals surface area (Å²) in [4.78, 5) is 4.26. The van der Waals surface area contributed by atoms with Crippen molar-refractivity contribution >= 4 is 5.69 Å². The van der Waals surface area contributed by atoms with Crippen LogP contribution in [0.3, 0.4) is 0 Å². The summed E-state index contributed by atoms with van der Waals surface area (Å²) in [6.45, 7) is 7.83. The number of aromatic nitrogens is 4. The van der Waals surface area contributed by atoms with Gasteiger partial charge in [-0.05, 0) is 39.8 Å². The lowest BCUT2D eigenvalue weighted by atomic mass is 10.2. The van der Waals surface area contributed by atoms with Crippen molar-refractivity contribution in [2.75, 3.05) is 5.32 Å². The highest BCUT2D eigenvalue weighted by Gasteiger charge is 2.18. The first kappa shape index (κ1) is 14.3. The molecule has 3 aromatic rings. The third-order valence-corrected chi connectivity index (χ3v) is 3.57. The summed E-state index contributed by atoms with van der Waals surface area (Å²) in [5.41, 5.74) is 4.01. The summed E-state index contributed by atoms with van der Waals surface area (Å²) in [5, 5.41) is 11.9. The van der Waals surface area contributed by atoms with Crippen LogP contribution < -0.4 is 5.32 Å². The van der Waals surface area contributed by atoms with Crippen LogP contribution >= 0.6 is 0 Å². The summed E-state index contributed by atoms with van der Waals surface area (Å²) >= 11 is 0. The van der Waals surface area contributed by atoms with E-state index in [4.69, 9.17) is 4.52 Å². The molecule has 0 aliphatic heterocycles. The van der Waals surface area contributed by atoms with E-state index in [1.54, 1.807) is 0 Å². The number of hydrogen-bond acceptors (Lipinski definition) is 5. The fourth-order valence-electron chi connectivity index (χ4n) is 2.44. The van der Waals surface area contributed by atoms with Crippen LogP contribution in [0.5, 0.6) is 0 Å². The van der Waals surface area contributed by atoms with E-state index in [2.05, 4.69) is 20.6 Å². The first-order chi connectivity index (χ1) is 10.6. The molecule has 6 heteroatoms. The molecule has 1 N–H and O–H groups in total. The molecule has 1 atom stereocenters. The monoisotopic (exact) mass is 297 g/mol. The molecule has 2 heterocycles. The molecular formula is C16H19N5O. The topological polar surface area (TPSA) is 68.8 Å². The van der Waals surface area contributed by atoms with E-state index in [1.807, 2.05) is 62.7 Å². The van der Waals surface area contributed by atoms with Gasteiger partial charge in [-0.25, -0.2) is 4.68 Å². The number of nitrogens with one attached hydrogen (secondary N) is 1. The standard InChI is InChI=1S/C16H19N5O/c1-10-15(17-11(2)16-18-13(4)20-22-16)12(3)21(19-10)14-8-6-5-7-9-14/h5-9,11,17H,1-4H3. The molecule has 22 heavy (non-hydrogen) atoms. The third-order valence-electron chi connectivity index (χ3n) is 3.57. The second-order valence-corrected chi connectivity index (χ2v) is 5.34. The summed E-state index contributed by atoms with van der Waals surface area (Å²) in [7, 11) is 0. The summed E-state index contributed by atoms with van der Waals surface area (Å²) in [5.74, 6) is 1.21. The van der Waals surface area contributed by atoms with Gasteiger partial charge in [0.1, 0.15) is 6.04 Å². The fourth-order valence-corrected chi connectivity index (χ4v) is 2.44. The normalized spacial score (nSPS) is 12.4. The number of aryl methyl sites for hydroxylation is 2. The molecule has 1 unspecified atom stereocenters. The van der Waals surface area contributed by atoms with Gasteiger partial charge >= 0.3 is 0 Å². The Labute approximate surface area is 129 Å². The fraction of sp³-hybridized carbons (Fsp3) is 0.312. The third kappa shape index (κ3) is 2.59. The van der Waals surface area contributed by atoms with Crippen LogP contribution in [0.2, 0.25) is 0 Å². The number of para-hydroxylation sites is 1. The summed E-state index contributed by atoms with van der Waals surface area (Å²) < 4.78 is 7.15. The molecule has 0 saturated heterocycles. The van der Waals surface area contributed by atoms with Gasteiger partial charge in [0, 0.05) is 0 Å². The van der Waals surface area contributed by atoms with Crippen molar-refractivity contribution in [1.29, 1.82) is 0 Å². The van der Waals surface area contributed by atoms with Gasteiger partial charge in [0.2, 0.25) is 5.89 Å². The molecule has 2 aromatic heterocycles. The molecule has 0 spiro atoms. The second-order valence-electron chi connectivity index (χ2n) is 5.34. The Balaban J connectivity index is 1.90. The predicted molar refractivity (Wildman–Crippen MR) is 84.1 cm³/mol. The molecule has 3 rings (SSSR count). The zero-order chi connectivity index (χ0) is 15.7. The van der Waals surface area contributed by atoms with Gasteiger partial charge in [0.05, 0.1) is 22.8 Å². The number of anilines is 1. The van der Waals surface area contributed by atoms with Crippen LogP contribution in [0.1, 0.15) is 36.1 Å². The van der Waals surface area contributed by atoms with Gasteiger partial charge in [-0.3, -0.25) is 0 Å². The lowest BCUT2D eigenvalue weighted by Crippen LogP contribution is -2.08. The minimum absolute atomic E-state index is 0.0768. The van der Waals surface area contributed by atoms with Crippen LogP contribution in [0.15, 0.2) is 34.9 Å². The largest absolute Gasteiger partial charge is 0.371 e. The molecule has 6 nitrogen and oxygen atoms in total. The molecule has 0 saturated carbocycles. The second kappa shape index (κ2) is 5.63. The summed E-state index contributed by atoms with van der Waals surface area (Å²) in [6, 6.07) is 9.99. The average Bonchev–Trinajstić information content (AvgIpc) is 3.07. The Morgan fingerprint density at radius 2 is 1.86 bits per heavy atom. The molecule has 0 aliphatic carbocycles. The van der Waals surface area contributed by atoms with Gasteiger partial charge in [-0.1, -0.05) is 23.4 Å². The number of nitrogens with zero attached hydrogens (tertiary/aromatic N) is 4. The van der Waals surface area contributed by atoms with Crippen LogP contribution in [-0.2, 0) is 0 Å². The summed E-state index contributed by atoms with van der Waals surface area (Å²) in [6.07, 6.45) is 0. The predicted octanol–water partition coefficient (Wildman–Crippen LogP) is 3.35. The van der Waals surface area contributed by atoms with Crippen molar-refractivity contribution in [3.8, 4) is 5.69 Å². The van der Waals surface area contributed by atoms with Crippen LogP contribution in [0.4, 0.5) is 5.69 Å². The van der Waals surface area contributed by atoms with Gasteiger partial charge in [0.25, 0.3) is 0 Å². The Morgan fingerprint density at radius 3 is 2.50 bits per heavy atom. The zero-order valence-electron chi connectivity index (χ0n) is 13.2. The van der Waals surface area contributed by atoms with Crippen molar-refractivity contribution in [3.05, 3.63) is 53.4 Å². The van der Waals surface area contributed by atoms with Gasteiger partial charge in [0.15, 0.2) is 5.82 Å². The lowest BCUT2D eigenvalue weighted by Gasteiger charge is -2.12. The first-order valence-corrected chi connectivity index (χ1v) is 7.24. The molecule has 0 amide bonds. The zero-order valence-corrected chi connectivity index (χ0v) is 13.2. The van der Waals surface area contributed by atoms with Crippen molar-refractivity contribution in [3.63, 3.8) is 0 Å². The number of benzene rings is 1. The van der Waals surface area contributed by atoms with Crippen molar-refractivity contribution in [2.24, 2.45) is 0 Å². The molecule has 1 aromatic carbocycles. The highest BCUT2D eigenvalue weighted by atomic mass is 16.5. The molecule has 0 bridgehead atoms. The maximum Gasteiger partial charge on any atom is 0.248 e.